The van der Waals surface area contributed by atoms with Gasteiger partial charge in [0.1, 0.15) is 11.4 Å². The summed E-state index contributed by atoms with van der Waals surface area (Å²) in [5.74, 6) is -0.382. The molecule has 0 atom stereocenters. The Balaban J connectivity index is 1.91. The van der Waals surface area contributed by atoms with Gasteiger partial charge < -0.3 is 5.11 Å². The Morgan fingerprint density at radius 2 is 1.89 bits per heavy atom. The predicted octanol–water partition coefficient (Wildman–Crippen LogP) is 1.74. The van der Waals surface area contributed by atoms with Gasteiger partial charge in [-0.05, 0) is 37.5 Å². The number of nitrogens with zero attached hydrogens (tertiary/aromatic N) is 1. The van der Waals surface area contributed by atoms with E-state index in [2.05, 4.69) is 4.90 Å². The van der Waals surface area contributed by atoms with Gasteiger partial charge in [-0.1, -0.05) is 12.1 Å². The number of hydrogen-bond donors (Lipinski definition) is 1. The lowest BCUT2D eigenvalue weighted by Gasteiger charge is -2.36. The first-order valence-electron chi connectivity index (χ1n) is 6.20. The molecule has 0 spiro atoms. The Morgan fingerprint density at radius 3 is 2.39 bits per heavy atom. The largest absolute Gasteiger partial charge is 0.382 e. The van der Waals surface area contributed by atoms with Crippen LogP contribution in [-0.4, -0.2) is 34.5 Å². The molecule has 1 N–H and O–H groups in total. The molecule has 1 aromatic rings. The lowest BCUT2D eigenvalue weighted by molar-refractivity contribution is -0.140. The topological polar surface area (TPSA) is 40.5 Å². The van der Waals surface area contributed by atoms with E-state index in [-0.39, 0.29) is 11.6 Å². The summed E-state index contributed by atoms with van der Waals surface area (Å²) in [5, 5.41) is 10.0. The third-order valence-corrected chi connectivity index (χ3v) is 3.66. The fourth-order valence-electron chi connectivity index (χ4n) is 2.28. The Bertz CT molecular complexity index is 422. The molecule has 0 amide bonds. The molecule has 1 heterocycles. The Kier molecular flexibility index (Phi) is 3.78. The van der Waals surface area contributed by atoms with Crippen molar-refractivity contribution in [2.24, 2.45) is 0 Å². The molecule has 2 rings (SSSR count). The molecule has 0 aromatic heterocycles. The van der Waals surface area contributed by atoms with Crippen molar-refractivity contribution in [2.45, 2.75) is 31.9 Å². The van der Waals surface area contributed by atoms with Crippen molar-refractivity contribution in [3.63, 3.8) is 0 Å². The van der Waals surface area contributed by atoms with Crippen molar-refractivity contribution in [3.8, 4) is 0 Å². The maximum Gasteiger partial charge on any atom is 0.161 e. The van der Waals surface area contributed by atoms with Crippen molar-refractivity contribution in [1.29, 1.82) is 0 Å². The van der Waals surface area contributed by atoms with Gasteiger partial charge in [-0.2, -0.15) is 0 Å². The fourth-order valence-corrected chi connectivity index (χ4v) is 2.28. The van der Waals surface area contributed by atoms with Gasteiger partial charge in [-0.15, -0.1) is 0 Å². The molecule has 0 radical (unpaired) electrons. The minimum Gasteiger partial charge on any atom is -0.382 e. The summed E-state index contributed by atoms with van der Waals surface area (Å²) in [6.07, 6.45) is 0.951. The van der Waals surface area contributed by atoms with Gasteiger partial charge in [-0.3, -0.25) is 9.69 Å². The summed E-state index contributed by atoms with van der Waals surface area (Å²) in [4.78, 5) is 13.5. The maximum atomic E-state index is 12.8. The summed E-state index contributed by atoms with van der Waals surface area (Å²) in [5.41, 5.74) is -0.0936. The first kappa shape index (κ1) is 13.2. The highest BCUT2D eigenvalue weighted by Gasteiger charge is 2.36. The predicted molar refractivity (Wildman–Crippen MR) is 66.5 cm³/mol. The van der Waals surface area contributed by atoms with Gasteiger partial charge in [-0.25, -0.2) is 4.39 Å². The quantitative estimate of drug-likeness (QED) is 0.889. The van der Waals surface area contributed by atoms with E-state index in [0.717, 1.165) is 12.1 Å². The first-order valence-corrected chi connectivity index (χ1v) is 6.20. The molecule has 0 unspecified atom stereocenters. The molecule has 98 valence electrons. The monoisotopic (exact) mass is 251 g/mol. The van der Waals surface area contributed by atoms with Crippen LogP contribution in [0.15, 0.2) is 24.3 Å². The molecule has 0 bridgehead atoms. The normalized spacial score (nSPS) is 19.7. The molecule has 0 saturated carbocycles. The molecular formula is C14H18FNO2. The van der Waals surface area contributed by atoms with Gasteiger partial charge >= 0.3 is 0 Å². The number of hydrogen-bond acceptors (Lipinski definition) is 3. The Labute approximate surface area is 106 Å². The number of Topliss-reactive ketones (excluding diaryl/α,β-unsaturated/α-hetero) is 1. The highest BCUT2D eigenvalue weighted by atomic mass is 19.1. The Morgan fingerprint density at radius 1 is 1.33 bits per heavy atom. The number of halogens is 1. The van der Waals surface area contributed by atoms with Crippen LogP contribution in [0, 0.1) is 5.82 Å². The molecule has 1 fully saturated rings. The molecular weight excluding hydrogens is 233 g/mol. The smallest absolute Gasteiger partial charge is 0.161 e. The zero-order chi connectivity index (χ0) is 13.2. The van der Waals surface area contributed by atoms with E-state index < -0.39 is 5.60 Å². The SMILES string of the molecule is CC(=O)C1(O)CCN(Cc2ccc(F)cc2)CC1. The lowest BCUT2D eigenvalue weighted by Crippen LogP contribution is -2.48. The van der Waals surface area contributed by atoms with Crippen molar-refractivity contribution >= 4 is 5.78 Å². The maximum absolute atomic E-state index is 12.8. The van der Waals surface area contributed by atoms with E-state index in [0.29, 0.717) is 25.9 Å². The third-order valence-electron chi connectivity index (χ3n) is 3.66. The van der Waals surface area contributed by atoms with Crippen LogP contribution in [0.4, 0.5) is 4.39 Å². The average Bonchev–Trinajstić information content (AvgIpc) is 2.35. The summed E-state index contributed by atoms with van der Waals surface area (Å²) in [7, 11) is 0. The summed E-state index contributed by atoms with van der Waals surface area (Å²) in [6, 6.07) is 6.43. The van der Waals surface area contributed by atoms with Crippen molar-refractivity contribution in [3.05, 3.63) is 35.6 Å². The molecule has 0 aliphatic carbocycles. The first-order chi connectivity index (χ1) is 8.49. The van der Waals surface area contributed by atoms with Crippen molar-refractivity contribution in [2.75, 3.05) is 13.1 Å². The highest BCUT2D eigenvalue weighted by Crippen LogP contribution is 2.24. The van der Waals surface area contributed by atoms with E-state index in [1.165, 1.54) is 19.1 Å². The summed E-state index contributed by atoms with van der Waals surface area (Å²) >= 11 is 0. The zero-order valence-electron chi connectivity index (χ0n) is 10.5. The minimum absolute atomic E-state index is 0.149. The van der Waals surface area contributed by atoms with E-state index >= 15 is 0 Å². The molecule has 4 heteroatoms. The van der Waals surface area contributed by atoms with Gasteiger partial charge in [0.25, 0.3) is 0 Å². The number of piperidine rings is 1. The average molecular weight is 251 g/mol. The fraction of sp³-hybridized carbons (Fsp3) is 0.500. The number of rotatable bonds is 3. The summed E-state index contributed by atoms with van der Waals surface area (Å²) < 4.78 is 12.8. The molecule has 18 heavy (non-hydrogen) atoms. The Hall–Kier alpha value is -1.26. The van der Waals surface area contributed by atoms with Crippen molar-refractivity contribution in [1.82, 2.24) is 4.90 Å². The van der Waals surface area contributed by atoms with Gasteiger partial charge in [0, 0.05) is 19.6 Å². The minimum atomic E-state index is -1.14. The number of aliphatic hydroxyl groups is 1. The molecule has 3 nitrogen and oxygen atoms in total. The highest BCUT2D eigenvalue weighted by molar-refractivity contribution is 5.84. The second-order valence-electron chi connectivity index (χ2n) is 4.99. The summed E-state index contributed by atoms with van der Waals surface area (Å²) in [6.45, 7) is 3.55. The number of carbonyl (C=O) groups excluding carboxylic acids is 1. The second-order valence-corrected chi connectivity index (χ2v) is 4.99. The van der Waals surface area contributed by atoms with Crippen LogP contribution >= 0.6 is 0 Å². The van der Waals surface area contributed by atoms with Gasteiger partial charge in [0.15, 0.2) is 5.78 Å². The number of ketones is 1. The lowest BCUT2D eigenvalue weighted by atomic mass is 9.88. The van der Waals surface area contributed by atoms with Crippen LogP contribution in [0.1, 0.15) is 25.3 Å². The zero-order valence-corrected chi connectivity index (χ0v) is 10.5. The molecule has 1 aliphatic rings. The number of carbonyl (C=O) groups is 1. The van der Waals surface area contributed by atoms with Crippen LogP contribution < -0.4 is 0 Å². The van der Waals surface area contributed by atoms with E-state index in [1.807, 2.05) is 0 Å². The third kappa shape index (κ3) is 2.94. The van der Waals surface area contributed by atoms with Gasteiger partial charge in [0.2, 0.25) is 0 Å². The molecule has 1 saturated heterocycles. The van der Waals surface area contributed by atoms with E-state index in [4.69, 9.17) is 0 Å². The van der Waals surface area contributed by atoms with Gasteiger partial charge in [0.05, 0.1) is 0 Å². The van der Waals surface area contributed by atoms with Crippen LogP contribution in [0.5, 0.6) is 0 Å². The van der Waals surface area contributed by atoms with Crippen LogP contribution in [0.2, 0.25) is 0 Å². The molecule has 1 aromatic carbocycles. The molecule has 1 aliphatic heterocycles. The van der Waals surface area contributed by atoms with E-state index in [1.54, 1.807) is 12.1 Å². The van der Waals surface area contributed by atoms with E-state index in [9.17, 15) is 14.3 Å². The van der Waals surface area contributed by atoms with Crippen LogP contribution in [-0.2, 0) is 11.3 Å². The number of likely N-dealkylation sites (tertiary alicyclic amines) is 1. The van der Waals surface area contributed by atoms with Crippen LogP contribution in [0.25, 0.3) is 0 Å². The standard InChI is InChI=1S/C14H18FNO2/c1-11(17)14(18)6-8-16(9-7-14)10-12-2-4-13(15)5-3-12/h2-5,18H,6-10H2,1H3. The van der Waals surface area contributed by atoms with Crippen molar-refractivity contribution < 1.29 is 14.3 Å². The van der Waals surface area contributed by atoms with Crippen LogP contribution in [0.3, 0.4) is 0 Å². The second kappa shape index (κ2) is 5.16. The number of benzene rings is 1.